The Hall–Kier alpha value is -2.55. The zero-order valence-corrected chi connectivity index (χ0v) is 18.7. The van der Waals surface area contributed by atoms with Crippen LogP contribution in [-0.2, 0) is 20.9 Å². The van der Waals surface area contributed by atoms with Gasteiger partial charge in [-0.1, -0.05) is 35.3 Å². The zero-order valence-electron chi connectivity index (χ0n) is 15.6. The van der Waals surface area contributed by atoms with Crippen LogP contribution in [0.15, 0.2) is 46.6 Å². The highest BCUT2D eigenvalue weighted by Gasteiger charge is 2.35. The minimum atomic E-state index is -0.690. The third-order valence-electron chi connectivity index (χ3n) is 4.14. The van der Waals surface area contributed by atoms with Crippen LogP contribution in [0.5, 0.6) is 5.75 Å². The maximum absolute atomic E-state index is 12.3. The predicted molar refractivity (Wildman–Crippen MR) is 115 cm³/mol. The van der Waals surface area contributed by atoms with Gasteiger partial charge in [-0.15, -0.1) is 0 Å². The summed E-state index contributed by atoms with van der Waals surface area (Å²) in [5.74, 6) is -0.735. The Labute approximate surface area is 190 Å². The number of nitrogens with zero attached hydrogens (tertiary/aromatic N) is 1. The first-order valence-electron chi connectivity index (χ1n) is 8.56. The van der Waals surface area contributed by atoms with E-state index in [0.29, 0.717) is 25.8 Å². The number of benzene rings is 2. The number of carbonyl (C=O) groups excluding carboxylic acids is 3. The summed E-state index contributed by atoms with van der Waals surface area (Å²) >= 11 is 15.5. The maximum atomic E-state index is 12.3. The first kappa shape index (κ1) is 22.1. The van der Waals surface area contributed by atoms with Crippen molar-refractivity contribution in [3.05, 3.63) is 67.7 Å². The van der Waals surface area contributed by atoms with Gasteiger partial charge in [0.05, 0.1) is 11.6 Å². The molecule has 7 nitrogen and oxygen atoms in total. The summed E-state index contributed by atoms with van der Waals surface area (Å²) in [6.45, 7) is -0.214. The number of amides is 3. The topological polar surface area (TPSA) is 84.9 Å². The van der Waals surface area contributed by atoms with Crippen LogP contribution in [0, 0.1) is 0 Å². The van der Waals surface area contributed by atoms with Crippen LogP contribution in [-0.4, -0.2) is 36.5 Å². The number of methoxy groups -OCH3 is 1. The van der Waals surface area contributed by atoms with E-state index >= 15 is 0 Å². The van der Waals surface area contributed by atoms with Crippen molar-refractivity contribution in [1.29, 1.82) is 0 Å². The molecule has 1 aliphatic rings. The Bertz CT molecular complexity index is 1060. The van der Waals surface area contributed by atoms with Crippen LogP contribution in [0.3, 0.4) is 0 Å². The number of rotatable bonds is 6. The quantitative estimate of drug-likeness (QED) is 0.351. The van der Waals surface area contributed by atoms with Gasteiger partial charge in [0.2, 0.25) is 0 Å². The molecule has 10 heteroatoms. The average molecular weight is 514 g/mol. The molecule has 0 saturated carbocycles. The molecular weight excluding hydrogens is 499 g/mol. The van der Waals surface area contributed by atoms with E-state index < -0.39 is 24.5 Å². The molecule has 0 bridgehead atoms. The van der Waals surface area contributed by atoms with Crippen molar-refractivity contribution >= 4 is 63.1 Å². The molecule has 1 fully saturated rings. The van der Waals surface area contributed by atoms with E-state index in [1.54, 1.807) is 36.4 Å². The van der Waals surface area contributed by atoms with Gasteiger partial charge in [0.25, 0.3) is 5.91 Å². The standard InChI is InChI=1S/C20H15BrCl2N2O5/c1-29-18(26)9-25-19(27)16(24-20(25)28)7-11-2-5-17(14(21)6-11)30-10-12-3-4-13(22)8-15(12)23/h2-8H,9-10H2,1H3,(H,24,28)/b16-7+. The Morgan fingerprint density at radius 1 is 1.20 bits per heavy atom. The highest BCUT2D eigenvalue weighted by Crippen LogP contribution is 2.29. The molecular formula is C20H15BrCl2N2O5. The summed E-state index contributed by atoms with van der Waals surface area (Å²) in [6, 6.07) is 9.64. The van der Waals surface area contributed by atoms with Gasteiger partial charge >= 0.3 is 12.0 Å². The first-order chi connectivity index (χ1) is 14.3. The van der Waals surface area contributed by atoms with E-state index in [1.807, 2.05) is 0 Å². The van der Waals surface area contributed by atoms with Gasteiger partial charge in [-0.25, -0.2) is 9.69 Å². The van der Waals surface area contributed by atoms with Crippen LogP contribution in [0.4, 0.5) is 4.79 Å². The van der Waals surface area contributed by atoms with Crippen LogP contribution < -0.4 is 10.1 Å². The van der Waals surface area contributed by atoms with Gasteiger partial charge in [0.15, 0.2) is 0 Å². The molecule has 156 valence electrons. The van der Waals surface area contributed by atoms with E-state index in [-0.39, 0.29) is 12.3 Å². The van der Waals surface area contributed by atoms with Crippen LogP contribution in [0.25, 0.3) is 6.08 Å². The molecule has 30 heavy (non-hydrogen) atoms. The highest BCUT2D eigenvalue weighted by atomic mass is 79.9. The van der Waals surface area contributed by atoms with Crippen molar-refractivity contribution < 1.29 is 23.9 Å². The van der Waals surface area contributed by atoms with Gasteiger partial charge in [-0.2, -0.15) is 0 Å². The minimum absolute atomic E-state index is 0.0532. The summed E-state index contributed by atoms with van der Waals surface area (Å²) in [5, 5.41) is 3.49. The molecule has 0 spiro atoms. The lowest BCUT2D eigenvalue weighted by molar-refractivity contribution is -0.143. The maximum Gasteiger partial charge on any atom is 0.329 e. The summed E-state index contributed by atoms with van der Waals surface area (Å²) in [6.07, 6.45) is 1.50. The van der Waals surface area contributed by atoms with E-state index in [1.165, 1.54) is 13.2 Å². The van der Waals surface area contributed by atoms with Gasteiger partial charge in [0, 0.05) is 15.6 Å². The number of nitrogens with one attached hydrogen (secondary N) is 1. The van der Waals surface area contributed by atoms with Gasteiger partial charge in [-0.3, -0.25) is 9.59 Å². The second kappa shape index (κ2) is 9.51. The Morgan fingerprint density at radius 2 is 1.97 bits per heavy atom. The van der Waals surface area contributed by atoms with Crippen molar-refractivity contribution in [3.63, 3.8) is 0 Å². The van der Waals surface area contributed by atoms with Gasteiger partial charge in [-0.05, 0) is 51.8 Å². The Kier molecular flexibility index (Phi) is 7.02. The van der Waals surface area contributed by atoms with Crippen LogP contribution in [0.2, 0.25) is 10.0 Å². The largest absolute Gasteiger partial charge is 0.488 e. The SMILES string of the molecule is COC(=O)CN1C(=O)N/C(=C/c2ccc(OCc3ccc(Cl)cc3Cl)c(Br)c2)C1=O. The molecule has 0 atom stereocenters. The van der Waals surface area contributed by atoms with E-state index in [2.05, 4.69) is 26.0 Å². The minimum Gasteiger partial charge on any atom is -0.488 e. The second-order valence-electron chi connectivity index (χ2n) is 6.17. The summed E-state index contributed by atoms with van der Waals surface area (Å²) in [4.78, 5) is 36.4. The lowest BCUT2D eigenvalue weighted by Gasteiger charge is -2.10. The molecule has 1 heterocycles. The summed E-state index contributed by atoms with van der Waals surface area (Å²) in [5.41, 5.74) is 1.48. The molecule has 2 aromatic carbocycles. The van der Waals surface area contributed by atoms with Crippen molar-refractivity contribution in [2.45, 2.75) is 6.61 Å². The molecule has 0 aromatic heterocycles. The number of hydrogen-bond donors (Lipinski definition) is 1. The third kappa shape index (κ3) is 5.13. The third-order valence-corrected chi connectivity index (χ3v) is 5.35. The number of ether oxygens (including phenoxy) is 2. The fraction of sp³-hybridized carbons (Fsp3) is 0.150. The van der Waals surface area contributed by atoms with Gasteiger partial charge in [0.1, 0.15) is 24.6 Å². The molecule has 0 aliphatic carbocycles. The average Bonchev–Trinajstić information content (AvgIpc) is 2.95. The van der Waals surface area contributed by atoms with E-state index in [4.69, 9.17) is 27.9 Å². The number of halogens is 3. The van der Waals surface area contributed by atoms with Crippen LogP contribution >= 0.6 is 39.1 Å². The molecule has 3 amide bonds. The smallest absolute Gasteiger partial charge is 0.329 e. The molecule has 2 aromatic rings. The number of carbonyl (C=O) groups is 3. The fourth-order valence-corrected chi connectivity index (χ4v) is 3.57. The number of imide groups is 1. The number of urea groups is 1. The Morgan fingerprint density at radius 3 is 2.63 bits per heavy atom. The van der Waals surface area contributed by atoms with Crippen LogP contribution in [0.1, 0.15) is 11.1 Å². The second-order valence-corrected chi connectivity index (χ2v) is 7.87. The lowest BCUT2D eigenvalue weighted by atomic mass is 10.2. The van der Waals surface area contributed by atoms with E-state index in [9.17, 15) is 14.4 Å². The predicted octanol–water partition coefficient (Wildman–Crippen LogP) is 4.40. The molecule has 1 N–H and O–H groups in total. The normalized spacial score (nSPS) is 14.8. The van der Waals surface area contributed by atoms with Crippen molar-refractivity contribution in [1.82, 2.24) is 10.2 Å². The monoisotopic (exact) mass is 512 g/mol. The van der Waals surface area contributed by atoms with Crippen molar-refractivity contribution in [3.8, 4) is 5.75 Å². The van der Waals surface area contributed by atoms with Crippen molar-refractivity contribution in [2.75, 3.05) is 13.7 Å². The molecule has 1 aliphatic heterocycles. The highest BCUT2D eigenvalue weighted by molar-refractivity contribution is 9.10. The number of esters is 1. The summed E-state index contributed by atoms with van der Waals surface area (Å²) in [7, 11) is 1.18. The van der Waals surface area contributed by atoms with E-state index in [0.717, 1.165) is 10.5 Å². The lowest BCUT2D eigenvalue weighted by Crippen LogP contribution is -2.36. The Balaban J connectivity index is 1.71. The zero-order chi connectivity index (χ0) is 21.8. The fourth-order valence-electron chi connectivity index (χ4n) is 2.59. The summed E-state index contributed by atoms with van der Waals surface area (Å²) < 4.78 is 10.9. The molecule has 0 radical (unpaired) electrons. The molecule has 0 unspecified atom stereocenters. The van der Waals surface area contributed by atoms with Gasteiger partial charge < -0.3 is 14.8 Å². The number of hydrogen-bond acceptors (Lipinski definition) is 5. The molecule has 1 saturated heterocycles. The molecule has 3 rings (SSSR count). The van der Waals surface area contributed by atoms with Crippen molar-refractivity contribution in [2.24, 2.45) is 0 Å². The first-order valence-corrected chi connectivity index (χ1v) is 10.1.